The summed E-state index contributed by atoms with van der Waals surface area (Å²) in [5.41, 5.74) is 1.45. The van der Waals surface area contributed by atoms with E-state index in [0.717, 1.165) is 42.7 Å². The molecular weight excluding hydrogens is 314 g/mol. The first-order valence-electron chi connectivity index (χ1n) is 8.48. The van der Waals surface area contributed by atoms with E-state index in [1.54, 1.807) is 12.4 Å². The van der Waals surface area contributed by atoms with E-state index in [0.29, 0.717) is 11.6 Å². The molecule has 126 valence electrons. The number of anilines is 1. The van der Waals surface area contributed by atoms with E-state index < -0.39 is 0 Å². The highest BCUT2D eigenvalue weighted by molar-refractivity contribution is 6.05. The summed E-state index contributed by atoms with van der Waals surface area (Å²) in [6.45, 7) is 1.44. The fourth-order valence-corrected chi connectivity index (χ4v) is 3.26. The summed E-state index contributed by atoms with van der Waals surface area (Å²) in [6.07, 6.45) is 5.17. The number of nitrogens with one attached hydrogen (secondary N) is 1. The Morgan fingerprint density at radius 2 is 1.84 bits per heavy atom. The van der Waals surface area contributed by atoms with E-state index in [4.69, 9.17) is 0 Å². The lowest BCUT2D eigenvalue weighted by atomic mass is 10.0. The van der Waals surface area contributed by atoms with Crippen LogP contribution in [0.15, 0.2) is 54.9 Å². The summed E-state index contributed by atoms with van der Waals surface area (Å²) in [6, 6.07) is 13.7. The van der Waals surface area contributed by atoms with Gasteiger partial charge >= 0.3 is 0 Å². The first-order valence-corrected chi connectivity index (χ1v) is 8.48. The van der Waals surface area contributed by atoms with Crippen molar-refractivity contribution < 1.29 is 4.79 Å². The Bertz CT molecular complexity index is 870. The van der Waals surface area contributed by atoms with Crippen LogP contribution in [0.1, 0.15) is 23.2 Å². The minimum atomic E-state index is 0.0576. The number of para-hydroxylation sites is 1. The van der Waals surface area contributed by atoms with Crippen LogP contribution in [0.5, 0.6) is 0 Å². The number of fused-ring (bicyclic) bond motifs is 1. The third kappa shape index (κ3) is 3.28. The maximum atomic E-state index is 12.9. The topological polar surface area (TPSA) is 71.0 Å². The number of rotatable bonds is 3. The lowest BCUT2D eigenvalue weighted by Gasteiger charge is -2.32. The highest BCUT2D eigenvalue weighted by atomic mass is 16.2. The summed E-state index contributed by atoms with van der Waals surface area (Å²) in [5, 5.41) is 12.3. The van der Waals surface area contributed by atoms with Gasteiger partial charge in [-0.3, -0.25) is 9.78 Å². The molecule has 0 radical (unpaired) electrons. The predicted molar refractivity (Wildman–Crippen MR) is 96.3 cm³/mol. The SMILES string of the molecule is O=C(c1cccc2cccnc12)N1CCC(Nc2cccnn2)CC1. The van der Waals surface area contributed by atoms with Crippen molar-refractivity contribution in [2.24, 2.45) is 0 Å². The standard InChI is InChI=1S/C19H19N5O/c25-19(16-6-1-4-14-5-2-10-20-18(14)16)24-12-8-15(9-13-24)22-17-7-3-11-21-23-17/h1-7,10-11,15H,8-9,12-13H2,(H,22,23). The highest BCUT2D eigenvalue weighted by Gasteiger charge is 2.25. The summed E-state index contributed by atoms with van der Waals surface area (Å²) < 4.78 is 0. The lowest BCUT2D eigenvalue weighted by Crippen LogP contribution is -2.42. The minimum absolute atomic E-state index is 0.0576. The maximum Gasteiger partial charge on any atom is 0.256 e. The van der Waals surface area contributed by atoms with Crippen LogP contribution in [0.2, 0.25) is 0 Å². The monoisotopic (exact) mass is 333 g/mol. The van der Waals surface area contributed by atoms with Gasteiger partial charge in [-0.1, -0.05) is 18.2 Å². The Kier molecular flexibility index (Phi) is 4.24. The van der Waals surface area contributed by atoms with Gasteiger partial charge in [0.1, 0.15) is 5.82 Å². The zero-order chi connectivity index (χ0) is 17.1. The zero-order valence-corrected chi connectivity index (χ0v) is 13.8. The van der Waals surface area contributed by atoms with Crippen LogP contribution in [0, 0.1) is 0 Å². The molecule has 0 saturated carbocycles. The maximum absolute atomic E-state index is 12.9. The Morgan fingerprint density at radius 3 is 2.64 bits per heavy atom. The largest absolute Gasteiger partial charge is 0.366 e. The zero-order valence-electron chi connectivity index (χ0n) is 13.8. The van der Waals surface area contributed by atoms with E-state index in [2.05, 4.69) is 20.5 Å². The number of carbonyl (C=O) groups is 1. The molecule has 1 aliphatic rings. The van der Waals surface area contributed by atoms with Gasteiger partial charge in [-0.05, 0) is 37.1 Å². The molecule has 1 aromatic carbocycles. The Balaban J connectivity index is 1.44. The van der Waals surface area contributed by atoms with E-state index in [1.807, 2.05) is 47.4 Å². The molecule has 3 heterocycles. The van der Waals surface area contributed by atoms with Crippen molar-refractivity contribution in [1.82, 2.24) is 20.1 Å². The smallest absolute Gasteiger partial charge is 0.256 e. The van der Waals surface area contributed by atoms with Gasteiger partial charge in [-0.15, -0.1) is 5.10 Å². The number of aromatic nitrogens is 3. The fourth-order valence-electron chi connectivity index (χ4n) is 3.26. The molecule has 1 saturated heterocycles. The first kappa shape index (κ1) is 15.5. The van der Waals surface area contributed by atoms with Gasteiger partial charge in [0.2, 0.25) is 0 Å². The molecule has 0 atom stereocenters. The van der Waals surface area contributed by atoms with Crippen molar-refractivity contribution in [3.8, 4) is 0 Å². The number of carbonyl (C=O) groups excluding carboxylic acids is 1. The van der Waals surface area contributed by atoms with Crippen LogP contribution < -0.4 is 5.32 Å². The second-order valence-corrected chi connectivity index (χ2v) is 6.20. The van der Waals surface area contributed by atoms with Crippen molar-refractivity contribution in [1.29, 1.82) is 0 Å². The molecule has 3 aromatic rings. The van der Waals surface area contributed by atoms with Gasteiger partial charge in [0.25, 0.3) is 5.91 Å². The molecular formula is C19H19N5O. The van der Waals surface area contributed by atoms with Crippen molar-refractivity contribution in [2.45, 2.75) is 18.9 Å². The molecule has 6 heteroatoms. The van der Waals surface area contributed by atoms with Crippen LogP contribution in [-0.2, 0) is 0 Å². The number of amides is 1. The number of likely N-dealkylation sites (tertiary alicyclic amines) is 1. The summed E-state index contributed by atoms with van der Waals surface area (Å²) in [7, 11) is 0. The van der Waals surface area contributed by atoms with Crippen LogP contribution >= 0.6 is 0 Å². The fraction of sp³-hybridized carbons (Fsp3) is 0.263. The number of pyridine rings is 1. The highest BCUT2D eigenvalue weighted by Crippen LogP contribution is 2.21. The van der Waals surface area contributed by atoms with Gasteiger partial charge < -0.3 is 10.2 Å². The Morgan fingerprint density at radius 1 is 1.04 bits per heavy atom. The number of hydrogen-bond donors (Lipinski definition) is 1. The van der Waals surface area contributed by atoms with E-state index in [1.165, 1.54) is 0 Å². The number of hydrogen-bond acceptors (Lipinski definition) is 5. The molecule has 0 spiro atoms. The van der Waals surface area contributed by atoms with Crippen LogP contribution in [0.4, 0.5) is 5.82 Å². The first-order chi connectivity index (χ1) is 12.3. The van der Waals surface area contributed by atoms with E-state index >= 15 is 0 Å². The Hall–Kier alpha value is -3.02. The van der Waals surface area contributed by atoms with Crippen molar-refractivity contribution in [3.63, 3.8) is 0 Å². The van der Waals surface area contributed by atoms with Crippen molar-refractivity contribution in [2.75, 3.05) is 18.4 Å². The second kappa shape index (κ2) is 6.84. The van der Waals surface area contributed by atoms with Gasteiger partial charge in [0.05, 0.1) is 11.1 Å². The lowest BCUT2D eigenvalue weighted by molar-refractivity contribution is 0.0720. The normalized spacial score (nSPS) is 15.3. The van der Waals surface area contributed by atoms with Gasteiger partial charge in [0.15, 0.2) is 0 Å². The van der Waals surface area contributed by atoms with E-state index in [-0.39, 0.29) is 5.91 Å². The second-order valence-electron chi connectivity index (χ2n) is 6.20. The average Bonchev–Trinajstić information content (AvgIpc) is 2.68. The summed E-state index contributed by atoms with van der Waals surface area (Å²) in [4.78, 5) is 19.2. The third-order valence-electron chi connectivity index (χ3n) is 4.57. The minimum Gasteiger partial charge on any atom is -0.366 e. The number of nitrogens with zero attached hydrogens (tertiary/aromatic N) is 4. The van der Waals surface area contributed by atoms with Gasteiger partial charge in [0, 0.05) is 36.9 Å². The molecule has 0 unspecified atom stereocenters. The van der Waals surface area contributed by atoms with E-state index in [9.17, 15) is 4.79 Å². The molecule has 1 N–H and O–H groups in total. The molecule has 0 aliphatic carbocycles. The molecule has 1 fully saturated rings. The molecule has 2 aromatic heterocycles. The molecule has 25 heavy (non-hydrogen) atoms. The van der Waals surface area contributed by atoms with Crippen LogP contribution in [0.3, 0.4) is 0 Å². The molecule has 0 bridgehead atoms. The average molecular weight is 333 g/mol. The third-order valence-corrected chi connectivity index (χ3v) is 4.57. The van der Waals surface area contributed by atoms with Crippen LogP contribution in [-0.4, -0.2) is 45.1 Å². The number of piperidine rings is 1. The van der Waals surface area contributed by atoms with Crippen molar-refractivity contribution in [3.05, 3.63) is 60.4 Å². The molecule has 1 amide bonds. The predicted octanol–water partition coefficient (Wildman–Crippen LogP) is 2.74. The number of benzene rings is 1. The van der Waals surface area contributed by atoms with Crippen molar-refractivity contribution >= 4 is 22.6 Å². The van der Waals surface area contributed by atoms with Crippen LogP contribution in [0.25, 0.3) is 10.9 Å². The molecule has 6 nitrogen and oxygen atoms in total. The molecule has 4 rings (SSSR count). The quantitative estimate of drug-likeness (QED) is 0.798. The van der Waals surface area contributed by atoms with Gasteiger partial charge in [-0.2, -0.15) is 5.10 Å². The van der Waals surface area contributed by atoms with Gasteiger partial charge in [-0.25, -0.2) is 0 Å². The Labute approximate surface area is 145 Å². The molecule has 1 aliphatic heterocycles. The summed E-state index contributed by atoms with van der Waals surface area (Å²) >= 11 is 0. The summed E-state index contributed by atoms with van der Waals surface area (Å²) in [5.74, 6) is 0.841.